The second kappa shape index (κ2) is 7.61. The minimum absolute atomic E-state index is 0.0174. The molecule has 9 heteroatoms. The molecule has 26 heavy (non-hydrogen) atoms. The van der Waals surface area contributed by atoms with Gasteiger partial charge in [0.25, 0.3) is 0 Å². The predicted molar refractivity (Wildman–Crippen MR) is 91.4 cm³/mol. The Bertz CT molecular complexity index is 922. The van der Waals surface area contributed by atoms with Crippen LogP contribution in [0.3, 0.4) is 0 Å². The van der Waals surface area contributed by atoms with Gasteiger partial charge in [0.1, 0.15) is 36.1 Å². The van der Waals surface area contributed by atoms with Crippen molar-refractivity contribution in [2.75, 3.05) is 0 Å². The summed E-state index contributed by atoms with van der Waals surface area (Å²) in [6.45, 7) is 3.55. The molecule has 3 rings (SSSR count). The van der Waals surface area contributed by atoms with Gasteiger partial charge in [-0.25, -0.2) is 14.1 Å². The Balaban J connectivity index is 1.73. The SMILES string of the molecule is Cc1ncn(-c2cc(C)c(COc3ccc(OS(=O)F)cc3)c(F)c2)n1. The van der Waals surface area contributed by atoms with Crippen LogP contribution in [0.5, 0.6) is 11.5 Å². The van der Waals surface area contributed by atoms with Crippen molar-refractivity contribution in [3.63, 3.8) is 0 Å². The van der Waals surface area contributed by atoms with Crippen LogP contribution in [0.1, 0.15) is 17.0 Å². The molecule has 0 N–H and O–H groups in total. The van der Waals surface area contributed by atoms with Crippen molar-refractivity contribution in [3.05, 3.63) is 65.5 Å². The molecule has 0 fully saturated rings. The maximum atomic E-state index is 14.5. The van der Waals surface area contributed by atoms with E-state index in [9.17, 15) is 12.5 Å². The maximum absolute atomic E-state index is 14.5. The first kappa shape index (κ1) is 18.0. The maximum Gasteiger partial charge on any atom is 0.401 e. The van der Waals surface area contributed by atoms with Crippen LogP contribution in [-0.2, 0) is 18.1 Å². The van der Waals surface area contributed by atoms with E-state index in [1.807, 2.05) is 0 Å². The van der Waals surface area contributed by atoms with Gasteiger partial charge < -0.3 is 8.92 Å². The summed E-state index contributed by atoms with van der Waals surface area (Å²) < 4.78 is 48.6. The Hall–Kier alpha value is -2.81. The van der Waals surface area contributed by atoms with Crippen LogP contribution in [0.15, 0.2) is 42.7 Å². The fourth-order valence-corrected chi connectivity index (χ4v) is 2.63. The summed E-state index contributed by atoms with van der Waals surface area (Å²) in [5.41, 5.74) is 1.70. The van der Waals surface area contributed by atoms with Gasteiger partial charge in [0.15, 0.2) is 0 Å². The van der Waals surface area contributed by atoms with Crippen molar-refractivity contribution in [1.82, 2.24) is 14.8 Å². The van der Waals surface area contributed by atoms with Crippen LogP contribution in [0.25, 0.3) is 5.69 Å². The summed E-state index contributed by atoms with van der Waals surface area (Å²) in [5.74, 6) is 0.727. The molecule has 1 heterocycles. The summed E-state index contributed by atoms with van der Waals surface area (Å²) in [7, 11) is 0. The van der Waals surface area contributed by atoms with Crippen LogP contribution < -0.4 is 8.92 Å². The minimum atomic E-state index is -2.88. The molecule has 2 aromatic carbocycles. The molecular weight excluding hydrogens is 364 g/mol. The lowest BCUT2D eigenvalue weighted by atomic mass is 10.1. The van der Waals surface area contributed by atoms with E-state index in [0.717, 1.165) is 0 Å². The van der Waals surface area contributed by atoms with Crippen molar-refractivity contribution in [2.24, 2.45) is 0 Å². The van der Waals surface area contributed by atoms with Crippen LogP contribution in [0, 0.1) is 19.7 Å². The highest BCUT2D eigenvalue weighted by Crippen LogP contribution is 2.23. The van der Waals surface area contributed by atoms with Gasteiger partial charge in [0, 0.05) is 11.6 Å². The van der Waals surface area contributed by atoms with Crippen LogP contribution in [0.2, 0.25) is 0 Å². The summed E-state index contributed by atoms with van der Waals surface area (Å²) in [5, 5.41) is 4.16. The fraction of sp³-hybridized carbons (Fsp3) is 0.176. The van der Waals surface area contributed by atoms with Crippen molar-refractivity contribution in [3.8, 4) is 17.2 Å². The number of hydrogen-bond acceptors (Lipinski definition) is 5. The van der Waals surface area contributed by atoms with E-state index in [2.05, 4.69) is 14.3 Å². The summed E-state index contributed by atoms with van der Waals surface area (Å²) in [4.78, 5) is 4.03. The number of rotatable bonds is 6. The molecule has 3 aromatic rings. The Labute approximate surface area is 151 Å². The van der Waals surface area contributed by atoms with Crippen molar-refractivity contribution >= 4 is 11.5 Å². The average molecular weight is 379 g/mol. The number of ether oxygens (including phenoxy) is 1. The monoisotopic (exact) mass is 379 g/mol. The molecule has 0 aliphatic heterocycles. The predicted octanol–water partition coefficient (Wildman–Crippen LogP) is 3.53. The zero-order chi connectivity index (χ0) is 18.7. The van der Waals surface area contributed by atoms with Gasteiger partial charge in [-0.15, -0.1) is 0 Å². The molecule has 0 spiro atoms. The van der Waals surface area contributed by atoms with E-state index in [-0.39, 0.29) is 12.4 Å². The molecule has 136 valence electrons. The van der Waals surface area contributed by atoms with Crippen LogP contribution in [0.4, 0.5) is 8.28 Å². The van der Waals surface area contributed by atoms with Gasteiger partial charge in [-0.3, -0.25) is 0 Å². The van der Waals surface area contributed by atoms with E-state index in [1.165, 1.54) is 41.3 Å². The molecule has 0 saturated heterocycles. The molecular formula is C17H15F2N3O3S. The van der Waals surface area contributed by atoms with E-state index in [0.29, 0.717) is 28.4 Å². The third-order valence-electron chi connectivity index (χ3n) is 3.64. The largest absolute Gasteiger partial charge is 0.489 e. The number of benzene rings is 2. The van der Waals surface area contributed by atoms with E-state index in [4.69, 9.17) is 4.74 Å². The zero-order valence-electron chi connectivity index (χ0n) is 14.0. The average Bonchev–Trinajstić information content (AvgIpc) is 3.01. The lowest BCUT2D eigenvalue weighted by molar-refractivity contribution is 0.298. The first-order valence-electron chi connectivity index (χ1n) is 7.59. The fourth-order valence-electron chi connectivity index (χ4n) is 2.36. The van der Waals surface area contributed by atoms with E-state index < -0.39 is 17.3 Å². The van der Waals surface area contributed by atoms with Crippen molar-refractivity contribution in [1.29, 1.82) is 0 Å². The van der Waals surface area contributed by atoms with Crippen molar-refractivity contribution in [2.45, 2.75) is 20.5 Å². The Kier molecular flexibility index (Phi) is 5.27. The van der Waals surface area contributed by atoms with E-state index >= 15 is 0 Å². The van der Waals surface area contributed by atoms with Gasteiger partial charge in [-0.1, -0.05) is 3.89 Å². The third-order valence-corrected chi connectivity index (χ3v) is 3.97. The van der Waals surface area contributed by atoms with E-state index in [1.54, 1.807) is 19.9 Å². The van der Waals surface area contributed by atoms with Gasteiger partial charge in [-0.05, 0) is 49.7 Å². The zero-order valence-corrected chi connectivity index (χ0v) is 14.8. The van der Waals surface area contributed by atoms with Crippen molar-refractivity contribution < 1.29 is 21.4 Å². The highest BCUT2D eigenvalue weighted by molar-refractivity contribution is 7.75. The molecule has 0 saturated carbocycles. The minimum Gasteiger partial charge on any atom is -0.489 e. The number of halogens is 2. The summed E-state index contributed by atoms with van der Waals surface area (Å²) in [6.07, 6.45) is 1.52. The molecule has 1 atom stereocenters. The highest BCUT2D eigenvalue weighted by atomic mass is 32.2. The highest BCUT2D eigenvalue weighted by Gasteiger charge is 2.11. The summed E-state index contributed by atoms with van der Waals surface area (Å²) in [6, 6.07) is 9.01. The first-order valence-corrected chi connectivity index (χ1v) is 8.57. The smallest absolute Gasteiger partial charge is 0.401 e. The topological polar surface area (TPSA) is 66.2 Å². The van der Waals surface area contributed by atoms with Crippen LogP contribution >= 0.6 is 0 Å². The molecule has 0 aliphatic rings. The lowest BCUT2D eigenvalue weighted by Gasteiger charge is -2.12. The third kappa shape index (κ3) is 4.23. The second-order valence-electron chi connectivity index (χ2n) is 5.50. The molecule has 1 unspecified atom stereocenters. The molecule has 0 radical (unpaired) electrons. The van der Waals surface area contributed by atoms with Gasteiger partial charge in [0.05, 0.1) is 5.69 Å². The molecule has 1 aromatic heterocycles. The Morgan fingerprint density at radius 2 is 1.85 bits per heavy atom. The number of aryl methyl sites for hydroxylation is 2. The Morgan fingerprint density at radius 3 is 2.42 bits per heavy atom. The number of aromatic nitrogens is 3. The number of nitrogens with zero attached hydrogens (tertiary/aromatic N) is 3. The Morgan fingerprint density at radius 1 is 1.15 bits per heavy atom. The quantitative estimate of drug-likeness (QED) is 0.613. The molecule has 6 nitrogen and oxygen atoms in total. The number of hydrogen-bond donors (Lipinski definition) is 0. The molecule has 0 amide bonds. The molecule has 0 bridgehead atoms. The van der Waals surface area contributed by atoms with Crippen LogP contribution in [-0.4, -0.2) is 19.0 Å². The summed E-state index contributed by atoms with van der Waals surface area (Å²) >= 11 is -2.88. The lowest BCUT2D eigenvalue weighted by Crippen LogP contribution is -2.04. The van der Waals surface area contributed by atoms with Gasteiger partial charge in [0.2, 0.25) is 0 Å². The van der Waals surface area contributed by atoms with Gasteiger partial charge >= 0.3 is 11.5 Å². The molecule has 0 aliphatic carbocycles. The first-order chi connectivity index (χ1) is 12.4. The standard InChI is InChI=1S/C17H15F2N3O3S/c1-11-7-13(22-10-20-12(2)21-22)8-17(18)16(11)9-24-14-3-5-15(6-4-14)25-26(19)23/h3-8,10H,9H2,1-2H3. The van der Waals surface area contributed by atoms with Gasteiger partial charge in [-0.2, -0.15) is 9.31 Å². The second-order valence-corrected chi connectivity index (χ2v) is 6.05. The normalized spacial score (nSPS) is 12.0.